The summed E-state index contributed by atoms with van der Waals surface area (Å²) in [5.41, 5.74) is 3.41. The molecule has 0 bridgehead atoms. The Morgan fingerprint density at radius 2 is 1.76 bits per heavy atom. The Labute approximate surface area is 257 Å². The van der Waals surface area contributed by atoms with E-state index in [1.165, 1.54) is 50.5 Å². The molecule has 0 aromatic heterocycles. The van der Waals surface area contributed by atoms with E-state index in [2.05, 4.69) is 71.0 Å². The first-order valence-electron chi connectivity index (χ1n) is 17.4. The van der Waals surface area contributed by atoms with Crippen molar-refractivity contribution in [2.45, 2.75) is 110 Å². The highest BCUT2D eigenvalue weighted by atomic mass is 16.3. The van der Waals surface area contributed by atoms with E-state index < -0.39 is 0 Å². The number of aliphatic hydroxyl groups is 1. The van der Waals surface area contributed by atoms with E-state index in [1.54, 1.807) is 0 Å². The molecule has 2 N–H and O–H groups in total. The number of fused-ring (bicyclic) bond motifs is 5. The van der Waals surface area contributed by atoms with Crippen LogP contribution >= 0.6 is 0 Å². The Morgan fingerprint density at radius 3 is 2.50 bits per heavy atom. The summed E-state index contributed by atoms with van der Waals surface area (Å²) in [6.45, 7) is 14.3. The first kappa shape index (κ1) is 31.8. The number of amides is 1. The number of quaternary nitrogens is 1. The van der Waals surface area contributed by atoms with Gasteiger partial charge in [-0.3, -0.25) is 4.79 Å². The van der Waals surface area contributed by atoms with Crippen molar-refractivity contribution in [2.75, 3.05) is 27.2 Å². The topological polar surface area (TPSA) is 49.3 Å². The molecule has 9 atom stereocenters. The third kappa shape index (κ3) is 6.55. The highest BCUT2D eigenvalue weighted by Gasteiger charge is 2.60. The molecule has 1 aromatic rings. The van der Waals surface area contributed by atoms with Crippen molar-refractivity contribution in [3.63, 3.8) is 0 Å². The zero-order valence-corrected chi connectivity index (χ0v) is 27.5. The van der Waals surface area contributed by atoms with Crippen LogP contribution < -0.4 is 5.32 Å². The normalized spacial score (nSPS) is 36.8. The number of nitrogens with zero attached hydrogens (tertiary/aromatic N) is 1. The summed E-state index contributed by atoms with van der Waals surface area (Å²) in [6.07, 6.45) is 16.1. The van der Waals surface area contributed by atoms with Gasteiger partial charge in [-0.25, -0.2) is 0 Å². The Kier molecular flexibility index (Phi) is 9.65. The number of aliphatic hydroxyl groups excluding tert-OH is 1. The molecule has 5 rings (SSSR count). The molecule has 0 radical (unpaired) electrons. The molecule has 0 spiro atoms. The van der Waals surface area contributed by atoms with Gasteiger partial charge in [0, 0.05) is 24.9 Å². The van der Waals surface area contributed by atoms with Crippen molar-refractivity contribution in [1.29, 1.82) is 0 Å². The van der Waals surface area contributed by atoms with Crippen molar-refractivity contribution in [2.24, 2.45) is 46.3 Å². The van der Waals surface area contributed by atoms with Crippen LogP contribution in [0, 0.1) is 46.3 Å². The Bertz CT molecular complexity index is 1080. The standard InChI is InChI=1S/C38H60N2O2/c1-7-28-10-12-29(13-11-28)26-40(5,6)24-8-23-39-36(42)18-9-27(2)33-16-17-34-32-15-14-30-25-31(41)19-21-37(30,3)35(32)20-22-38(33,34)4/h7,10-13,27,30-35,41H,1,8-9,14-26H2,2-6H3/p+1/t27?,30?,31-,32?,33-,34?,35?,37+,38-/m1/s1. The predicted octanol–water partition coefficient (Wildman–Crippen LogP) is 7.85. The average molecular weight is 578 g/mol. The van der Waals surface area contributed by atoms with Gasteiger partial charge < -0.3 is 14.9 Å². The van der Waals surface area contributed by atoms with E-state index in [0.717, 1.165) is 85.0 Å². The number of hydrogen-bond donors (Lipinski definition) is 2. The Morgan fingerprint density at radius 1 is 1.05 bits per heavy atom. The van der Waals surface area contributed by atoms with Crippen molar-refractivity contribution >= 4 is 12.0 Å². The number of benzene rings is 1. The van der Waals surface area contributed by atoms with Crippen LogP contribution in [0.5, 0.6) is 0 Å². The molecular weight excluding hydrogens is 516 g/mol. The van der Waals surface area contributed by atoms with Gasteiger partial charge in [0.15, 0.2) is 0 Å². The monoisotopic (exact) mass is 577 g/mol. The second kappa shape index (κ2) is 12.8. The molecule has 4 aliphatic carbocycles. The van der Waals surface area contributed by atoms with Gasteiger partial charge in [-0.2, -0.15) is 0 Å². The van der Waals surface area contributed by atoms with E-state index in [1.807, 2.05) is 6.08 Å². The molecular formula is C38H61N2O2+. The van der Waals surface area contributed by atoms with Crippen LogP contribution in [0.3, 0.4) is 0 Å². The summed E-state index contributed by atoms with van der Waals surface area (Å²) in [5, 5.41) is 13.6. The predicted molar refractivity (Wildman–Crippen MR) is 174 cm³/mol. The molecule has 1 amide bonds. The lowest BCUT2D eigenvalue weighted by Gasteiger charge is -2.61. The molecule has 4 aliphatic rings. The van der Waals surface area contributed by atoms with E-state index in [9.17, 15) is 9.90 Å². The average Bonchev–Trinajstić information content (AvgIpc) is 3.32. The molecule has 4 nitrogen and oxygen atoms in total. The van der Waals surface area contributed by atoms with E-state index in [4.69, 9.17) is 0 Å². The molecule has 0 saturated heterocycles. The molecule has 4 heteroatoms. The molecule has 5 unspecified atom stereocenters. The first-order chi connectivity index (χ1) is 19.9. The zero-order valence-electron chi connectivity index (χ0n) is 27.5. The summed E-state index contributed by atoms with van der Waals surface area (Å²) < 4.78 is 0.922. The summed E-state index contributed by atoms with van der Waals surface area (Å²) in [6, 6.07) is 8.67. The molecule has 4 fully saturated rings. The SMILES string of the molecule is C=Cc1ccc(C[N+](C)(C)CCCNC(=O)CCC(C)[C@H]2CCC3C4CCC5C[C@H](O)CC[C@]5(C)C4CC[C@@]32C)cc1. The van der Waals surface area contributed by atoms with Gasteiger partial charge in [-0.05, 0) is 116 Å². The summed E-state index contributed by atoms with van der Waals surface area (Å²) in [5.74, 6) is 4.96. The highest BCUT2D eigenvalue weighted by molar-refractivity contribution is 5.75. The van der Waals surface area contributed by atoms with Crippen LogP contribution in [0.25, 0.3) is 6.08 Å². The molecule has 42 heavy (non-hydrogen) atoms. The van der Waals surface area contributed by atoms with Crippen molar-refractivity contribution < 1.29 is 14.4 Å². The Balaban J connectivity index is 1.05. The molecule has 234 valence electrons. The molecule has 1 aromatic carbocycles. The minimum atomic E-state index is -0.0559. The van der Waals surface area contributed by atoms with E-state index >= 15 is 0 Å². The molecule has 0 aliphatic heterocycles. The first-order valence-corrected chi connectivity index (χ1v) is 17.4. The van der Waals surface area contributed by atoms with Crippen molar-refractivity contribution in [3.8, 4) is 0 Å². The lowest BCUT2D eigenvalue weighted by atomic mass is 9.44. The minimum Gasteiger partial charge on any atom is -0.393 e. The largest absolute Gasteiger partial charge is 0.393 e. The maximum absolute atomic E-state index is 12.8. The maximum Gasteiger partial charge on any atom is 0.220 e. The number of nitrogens with one attached hydrogen (secondary N) is 1. The van der Waals surface area contributed by atoms with Gasteiger partial charge in [-0.1, -0.05) is 57.7 Å². The Hall–Kier alpha value is -1.65. The summed E-state index contributed by atoms with van der Waals surface area (Å²) >= 11 is 0. The van der Waals surface area contributed by atoms with Crippen LogP contribution in [-0.2, 0) is 11.3 Å². The maximum atomic E-state index is 12.8. The summed E-state index contributed by atoms with van der Waals surface area (Å²) in [4.78, 5) is 12.8. The van der Waals surface area contributed by atoms with Crippen LogP contribution in [0.4, 0.5) is 0 Å². The van der Waals surface area contributed by atoms with Crippen LogP contribution in [0.1, 0.15) is 109 Å². The van der Waals surface area contributed by atoms with Gasteiger partial charge in [0.25, 0.3) is 0 Å². The van der Waals surface area contributed by atoms with Crippen molar-refractivity contribution in [1.82, 2.24) is 5.32 Å². The lowest BCUT2D eigenvalue weighted by molar-refractivity contribution is -0.903. The second-order valence-corrected chi connectivity index (χ2v) is 16.3. The number of hydrogen-bond acceptors (Lipinski definition) is 2. The fourth-order valence-electron chi connectivity index (χ4n) is 10.9. The lowest BCUT2D eigenvalue weighted by Crippen LogP contribution is -2.54. The quantitative estimate of drug-likeness (QED) is 0.208. The van der Waals surface area contributed by atoms with Crippen LogP contribution in [0.15, 0.2) is 30.8 Å². The van der Waals surface area contributed by atoms with E-state index in [0.29, 0.717) is 23.2 Å². The minimum absolute atomic E-state index is 0.0559. The molecule has 4 saturated carbocycles. The smallest absolute Gasteiger partial charge is 0.220 e. The fraction of sp³-hybridized carbons (Fsp3) is 0.763. The highest BCUT2D eigenvalue weighted by Crippen LogP contribution is 2.68. The summed E-state index contributed by atoms with van der Waals surface area (Å²) in [7, 11) is 4.55. The second-order valence-electron chi connectivity index (χ2n) is 16.3. The number of carbonyl (C=O) groups is 1. The van der Waals surface area contributed by atoms with Crippen molar-refractivity contribution in [3.05, 3.63) is 42.0 Å². The number of rotatable bonds is 11. The number of carbonyl (C=O) groups excluding carboxylic acids is 1. The van der Waals surface area contributed by atoms with Gasteiger partial charge in [-0.15, -0.1) is 0 Å². The van der Waals surface area contributed by atoms with Crippen LogP contribution in [0.2, 0.25) is 0 Å². The zero-order chi connectivity index (χ0) is 30.1. The van der Waals surface area contributed by atoms with Gasteiger partial charge in [0.1, 0.15) is 6.54 Å². The van der Waals surface area contributed by atoms with Gasteiger partial charge in [0.05, 0.1) is 26.7 Å². The molecule has 0 heterocycles. The third-order valence-electron chi connectivity index (χ3n) is 13.3. The van der Waals surface area contributed by atoms with Crippen LogP contribution in [-0.4, -0.2) is 48.8 Å². The fourth-order valence-corrected chi connectivity index (χ4v) is 10.9. The third-order valence-corrected chi connectivity index (χ3v) is 13.3. The van der Waals surface area contributed by atoms with E-state index in [-0.39, 0.29) is 12.0 Å². The van der Waals surface area contributed by atoms with Gasteiger partial charge in [0.2, 0.25) is 5.91 Å². The van der Waals surface area contributed by atoms with Gasteiger partial charge >= 0.3 is 0 Å².